The first kappa shape index (κ1) is 11.0. The van der Waals surface area contributed by atoms with Crippen molar-refractivity contribution in [1.82, 2.24) is 10.2 Å². The Labute approximate surface area is 81.7 Å². The summed E-state index contributed by atoms with van der Waals surface area (Å²) in [7, 11) is 4.37. The van der Waals surface area contributed by atoms with Crippen LogP contribution in [0.15, 0.2) is 0 Å². The van der Waals surface area contributed by atoms with Gasteiger partial charge in [0.15, 0.2) is 0 Å². The zero-order valence-corrected chi connectivity index (χ0v) is 8.97. The quantitative estimate of drug-likeness (QED) is 0.589. The first-order valence-corrected chi connectivity index (χ1v) is 5.29. The number of nitrogens with one attached hydrogen (secondary N) is 1. The Hall–Kier alpha value is -0.120. The van der Waals surface area contributed by atoms with Gasteiger partial charge >= 0.3 is 0 Å². The smallest absolute Gasteiger partial charge is 0.0327 e. The maximum Gasteiger partial charge on any atom is 0.0327 e. The molecule has 3 N–H and O–H groups in total. The van der Waals surface area contributed by atoms with Gasteiger partial charge in [-0.2, -0.15) is 0 Å². The minimum absolute atomic E-state index is 0.453. The van der Waals surface area contributed by atoms with Crippen LogP contribution >= 0.6 is 0 Å². The molecule has 0 aromatic heterocycles. The molecule has 0 unspecified atom stereocenters. The molecule has 3 nitrogen and oxygen atoms in total. The van der Waals surface area contributed by atoms with Crippen LogP contribution < -0.4 is 11.1 Å². The van der Waals surface area contributed by atoms with Crippen LogP contribution in [0.4, 0.5) is 0 Å². The van der Waals surface area contributed by atoms with Crippen LogP contribution in [0.1, 0.15) is 25.7 Å². The number of nitrogens with two attached hydrogens (primary N) is 1. The molecular formula is C10H23N3. The summed E-state index contributed by atoms with van der Waals surface area (Å²) in [5.41, 5.74) is 5.89. The van der Waals surface area contributed by atoms with E-state index in [-0.39, 0.29) is 0 Å². The van der Waals surface area contributed by atoms with E-state index in [2.05, 4.69) is 24.3 Å². The summed E-state index contributed by atoms with van der Waals surface area (Å²) in [5.74, 6) is 0. The van der Waals surface area contributed by atoms with Crippen molar-refractivity contribution in [2.45, 2.75) is 31.2 Å². The molecule has 0 bridgehead atoms. The second kappa shape index (κ2) is 4.94. The number of nitrogens with zero attached hydrogens (tertiary/aromatic N) is 1. The third-order valence-corrected chi connectivity index (χ3v) is 3.24. The Morgan fingerprint density at radius 3 is 2.46 bits per heavy atom. The molecule has 0 aliphatic heterocycles. The molecule has 0 saturated heterocycles. The number of hydrogen-bond acceptors (Lipinski definition) is 3. The second-order valence-electron chi connectivity index (χ2n) is 4.29. The average molecular weight is 185 g/mol. The predicted molar refractivity (Wildman–Crippen MR) is 56.8 cm³/mol. The number of likely N-dealkylation sites (N-methyl/N-ethyl adjacent to an activating group) is 1. The van der Waals surface area contributed by atoms with Gasteiger partial charge in [-0.3, -0.25) is 0 Å². The van der Waals surface area contributed by atoms with Gasteiger partial charge in [-0.25, -0.2) is 0 Å². The summed E-state index contributed by atoms with van der Waals surface area (Å²) < 4.78 is 0. The molecule has 0 amide bonds. The van der Waals surface area contributed by atoms with Crippen molar-refractivity contribution in [3.8, 4) is 0 Å². The van der Waals surface area contributed by atoms with Gasteiger partial charge in [-0.1, -0.05) is 0 Å². The zero-order valence-electron chi connectivity index (χ0n) is 8.97. The summed E-state index contributed by atoms with van der Waals surface area (Å²) >= 11 is 0. The van der Waals surface area contributed by atoms with Crippen LogP contribution in [0, 0.1) is 0 Å². The fraction of sp³-hybridized carbons (Fsp3) is 1.00. The van der Waals surface area contributed by atoms with Crippen LogP contribution in [0.2, 0.25) is 0 Å². The molecule has 1 aliphatic rings. The maximum absolute atomic E-state index is 5.43. The molecule has 0 spiro atoms. The minimum Gasteiger partial charge on any atom is -0.330 e. The lowest BCUT2D eigenvalue weighted by Crippen LogP contribution is -2.56. The van der Waals surface area contributed by atoms with E-state index in [0.717, 1.165) is 26.1 Å². The van der Waals surface area contributed by atoms with Crippen molar-refractivity contribution >= 4 is 0 Å². The molecule has 0 aromatic rings. The molecule has 13 heavy (non-hydrogen) atoms. The van der Waals surface area contributed by atoms with Gasteiger partial charge in [0, 0.05) is 12.1 Å². The molecule has 1 rings (SSSR count). The van der Waals surface area contributed by atoms with Crippen molar-refractivity contribution in [2.24, 2.45) is 5.73 Å². The molecular weight excluding hydrogens is 162 g/mol. The Bertz CT molecular complexity index is 141. The van der Waals surface area contributed by atoms with Crippen molar-refractivity contribution in [3.63, 3.8) is 0 Å². The Morgan fingerprint density at radius 2 is 2.08 bits per heavy atom. The fourth-order valence-electron chi connectivity index (χ4n) is 1.92. The predicted octanol–water partition coefficient (Wildman–Crippen LogP) is 0.409. The molecule has 1 fully saturated rings. The lowest BCUT2D eigenvalue weighted by Gasteiger charge is -2.47. The van der Waals surface area contributed by atoms with Crippen molar-refractivity contribution in [1.29, 1.82) is 0 Å². The van der Waals surface area contributed by atoms with Gasteiger partial charge in [0.2, 0.25) is 0 Å². The first-order valence-electron chi connectivity index (χ1n) is 5.29. The highest BCUT2D eigenvalue weighted by molar-refractivity contribution is 4.97. The van der Waals surface area contributed by atoms with E-state index < -0.39 is 0 Å². The third-order valence-electron chi connectivity index (χ3n) is 3.24. The van der Waals surface area contributed by atoms with Gasteiger partial charge < -0.3 is 16.0 Å². The Kier molecular flexibility index (Phi) is 4.16. The zero-order chi connectivity index (χ0) is 9.73. The molecule has 78 valence electrons. The van der Waals surface area contributed by atoms with Crippen LogP contribution in [0.5, 0.6) is 0 Å². The molecule has 0 aromatic carbocycles. The molecule has 1 aliphatic carbocycles. The Balaban J connectivity index is 2.17. The SMILES string of the molecule is CN(C)C1(CNCCCN)CCC1. The summed E-state index contributed by atoms with van der Waals surface area (Å²) in [6.07, 6.45) is 5.16. The van der Waals surface area contributed by atoms with Crippen molar-refractivity contribution in [2.75, 3.05) is 33.7 Å². The normalized spacial score (nSPS) is 20.3. The van der Waals surface area contributed by atoms with Gasteiger partial charge in [0.05, 0.1) is 0 Å². The van der Waals surface area contributed by atoms with E-state index >= 15 is 0 Å². The maximum atomic E-state index is 5.43. The van der Waals surface area contributed by atoms with Crippen LogP contribution in [-0.4, -0.2) is 44.2 Å². The van der Waals surface area contributed by atoms with Crippen molar-refractivity contribution in [3.05, 3.63) is 0 Å². The van der Waals surface area contributed by atoms with E-state index in [9.17, 15) is 0 Å². The summed E-state index contributed by atoms with van der Waals surface area (Å²) in [5, 5.41) is 3.49. The lowest BCUT2D eigenvalue weighted by atomic mass is 9.75. The largest absolute Gasteiger partial charge is 0.330 e. The molecule has 0 heterocycles. The van der Waals surface area contributed by atoms with Crippen LogP contribution in [0.3, 0.4) is 0 Å². The highest BCUT2D eigenvalue weighted by atomic mass is 15.2. The highest BCUT2D eigenvalue weighted by Crippen LogP contribution is 2.35. The molecule has 3 heteroatoms. The van der Waals surface area contributed by atoms with Crippen molar-refractivity contribution < 1.29 is 0 Å². The van der Waals surface area contributed by atoms with E-state index in [1.165, 1.54) is 19.3 Å². The summed E-state index contributed by atoms with van der Waals surface area (Å²) in [4.78, 5) is 2.37. The number of rotatable bonds is 6. The van der Waals surface area contributed by atoms with Gasteiger partial charge in [-0.05, 0) is 52.9 Å². The Morgan fingerprint density at radius 1 is 1.38 bits per heavy atom. The van der Waals surface area contributed by atoms with E-state index in [4.69, 9.17) is 5.73 Å². The topological polar surface area (TPSA) is 41.3 Å². The van der Waals surface area contributed by atoms with E-state index in [1.807, 2.05) is 0 Å². The van der Waals surface area contributed by atoms with Crippen LogP contribution in [-0.2, 0) is 0 Å². The molecule has 0 atom stereocenters. The van der Waals surface area contributed by atoms with E-state index in [0.29, 0.717) is 5.54 Å². The molecule has 1 saturated carbocycles. The highest BCUT2D eigenvalue weighted by Gasteiger charge is 2.38. The average Bonchev–Trinajstić information content (AvgIpc) is 2.01. The van der Waals surface area contributed by atoms with Gasteiger partial charge in [0.1, 0.15) is 0 Å². The monoisotopic (exact) mass is 185 g/mol. The second-order valence-corrected chi connectivity index (χ2v) is 4.29. The fourth-order valence-corrected chi connectivity index (χ4v) is 1.92. The summed E-state index contributed by atoms with van der Waals surface area (Å²) in [6.45, 7) is 2.98. The van der Waals surface area contributed by atoms with Crippen LogP contribution in [0.25, 0.3) is 0 Å². The third kappa shape index (κ3) is 2.66. The minimum atomic E-state index is 0.453. The molecule has 0 radical (unpaired) electrons. The lowest BCUT2D eigenvalue weighted by molar-refractivity contribution is 0.0603. The number of hydrogen-bond donors (Lipinski definition) is 2. The van der Waals surface area contributed by atoms with Gasteiger partial charge in [-0.15, -0.1) is 0 Å². The summed E-state index contributed by atoms with van der Waals surface area (Å²) in [6, 6.07) is 0. The van der Waals surface area contributed by atoms with Gasteiger partial charge in [0.25, 0.3) is 0 Å². The van der Waals surface area contributed by atoms with E-state index in [1.54, 1.807) is 0 Å². The first-order chi connectivity index (χ1) is 6.21. The standard InChI is InChI=1S/C10H23N3/c1-13(2)10(5-3-6-10)9-12-8-4-7-11/h12H,3-9,11H2,1-2H3.